The Morgan fingerprint density at radius 2 is 1.76 bits per heavy atom. The molecule has 1 aliphatic rings. The Morgan fingerprint density at radius 1 is 1.20 bits per heavy atom. The fourth-order valence-corrected chi connectivity index (χ4v) is 4.03. The number of sulfone groups is 1. The van der Waals surface area contributed by atoms with Gasteiger partial charge in [0.2, 0.25) is 0 Å². The summed E-state index contributed by atoms with van der Waals surface area (Å²) >= 11 is 0. The summed E-state index contributed by atoms with van der Waals surface area (Å²) in [5.74, 6) is -2.79. The molecule has 0 unspecified atom stereocenters. The first-order valence-corrected chi connectivity index (χ1v) is 9.95. The molecule has 0 atom stereocenters. The molecule has 2 rings (SSSR count). The summed E-state index contributed by atoms with van der Waals surface area (Å²) in [6.07, 6.45) is 1.34. The fourth-order valence-electron chi connectivity index (χ4n) is 2.94. The molecule has 140 valence electrons. The van der Waals surface area contributed by atoms with Gasteiger partial charge >= 0.3 is 6.09 Å². The van der Waals surface area contributed by atoms with E-state index < -0.39 is 38.1 Å². The maximum absolute atomic E-state index is 14.1. The molecule has 0 aromatic heterocycles. The number of rotatable bonds is 2. The number of benzene rings is 1. The van der Waals surface area contributed by atoms with Crippen molar-refractivity contribution >= 4 is 15.9 Å². The van der Waals surface area contributed by atoms with Gasteiger partial charge in [-0.05, 0) is 51.2 Å². The minimum atomic E-state index is -3.91. The van der Waals surface area contributed by atoms with Gasteiger partial charge in [0, 0.05) is 19.3 Å². The number of carbonyl (C=O) groups is 1. The van der Waals surface area contributed by atoms with Gasteiger partial charge in [-0.15, -0.1) is 0 Å². The molecule has 1 saturated heterocycles. The van der Waals surface area contributed by atoms with E-state index in [9.17, 15) is 22.0 Å². The highest BCUT2D eigenvalue weighted by Crippen LogP contribution is 2.35. The summed E-state index contributed by atoms with van der Waals surface area (Å²) in [6.45, 7) is 6.05. The predicted molar refractivity (Wildman–Crippen MR) is 89.2 cm³/mol. The van der Waals surface area contributed by atoms with Gasteiger partial charge < -0.3 is 9.64 Å². The Kier molecular flexibility index (Phi) is 5.41. The van der Waals surface area contributed by atoms with Crippen molar-refractivity contribution in [2.24, 2.45) is 0 Å². The van der Waals surface area contributed by atoms with Crippen LogP contribution in [-0.2, 0) is 14.6 Å². The fraction of sp³-hybridized carbons (Fsp3) is 0.588. The second-order valence-corrected chi connectivity index (χ2v) is 9.25. The van der Waals surface area contributed by atoms with Crippen molar-refractivity contribution in [1.29, 1.82) is 0 Å². The van der Waals surface area contributed by atoms with E-state index >= 15 is 0 Å². The van der Waals surface area contributed by atoms with E-state index in [0.29, 0.717) is 25.9 Å². The van der Waals surface area contributed by atoms with Crippen LogP contribution in [0.3, 0.4) is 0 Å². The van der Waals surface area contributed by atoms with E-state index in [2.05, 4.69) is 0 Å². The van der Waals surface area contributed by atoms with E-state index in [4.69, 9.17) is 4.74 Å². The van der Waals surface area contributed by atoms with Gasteiger partial charge in [0.15, 0.2) is 21.5 Å². The second-order valence-electron chi connectivity index (χ2n) is 7.29. The number of halogens is 2. The molecule has 0 aliphatic carbocycles. The lowest BCUT2D eigenvalue weighted by atomic mass is 9.89. The van der Waals surface area contributed by atoms with E-state index in [0.717, 1.165) is 12.3 Å². The number of hydrogen-bond acceptors (Lipinski definition) is 4. The van der Waals surface area contributed by atoms with Crippen LogP contribution in [0.2, 0.25) is 0 Å². The quantitative estimate of drug-likeness (QED) is 0.794. The Bertz CT molecular complexity index is 764. The summed E-state index contributed by atoms with van der Waals surface area (Å²) in [5.41, 5.74) is -0.331. The number of hydrogen-bond donors (Lipinski definition) is 0. The zero-order valence-electron chi connectivity index (χ0n) is 14.8. The van der Waals surface area contributed by atoms with Crippen LogP contribution >= 0.6 is 0 Å². The molecule has 1 fully saturated rings. The average molecular weight is 375 g/mol. The molecule has 1 aliphatic heterocycles. The third kappa shape index (κ3) is 4.68. The van der Waals surface area contributed by atoms with Crippen LogP contribution in [0.5, 0.6) is 0 Å². The molecule has 1 amide bonds. The molecule has 0 N–H and O–H groups in total. The van der Waals surface area contributed by atoms with Gasteiger partial charge in [-0.25, -0.2) is 22.0 Å². The molecule has 0 saturated carbocycles. The molecule has 0 bridgehead atoms. The Hall–Kier alpha value is -1.70. The maximum Gasteiger partial charge on any atom is 0.410 e. The second kappa shape index (κ2) is 6.90. The van der Waals surface area contributed by atoms with E-state index in [1.54, 1.807) is 25.7 Å². The lowest BCUT2D eigenvalue weighted by Crippen LogP contribution is -2.41. The van der Waals surface area contributed by atoms with Crippen LogP contribution in [0.4, 0.5) is 13.6 Å². The molecule has 1 heterocycles. The van der Waals surface area contributed by atoms with Gasteiger partial charge in [0.05, 0.1) is 0 Å². The molecule has 25 heavy (non-hydrogen) atoms. The summed E-state index contributed by atoms with van der Waals surface area (Å²) < 4.78 is 56.7. The zero-order valence-corrected chi connectivity index (χ0v) is 15.6. The minimum Gasteiger partial charge on any atom is -0.444 e. The van der Waals surface area contributed by atoms with Crippen molar-refractivity contribution in [2.75, 3.05) is 19.3 Å². The van der Waals surface area contributed by atoms with Crippen LogP contribution < -0.4 is 0 Å². The van der Waals surface area contributed by atoms with Crippen molar-refractivity contribution in [3.63, 3.8) is 0 Å². The normalized spacial score (nSPS) is 16.8. The summed E-state index contributed by atoms with van der Waals surface area (Å²) in [4.78, 5) is 13.0. The molecular weight excluding hydrogens is 352 g/mol. The number of carbonyl (C=O) groups excluding carboxylic acids is 1. The number of ether oxygens (including phenoxy) is 1. The smallest absolute Gasteiger partial charge is 0.410 e. The van der Waals surface area contributed by atoms with Crippen LogP contribution in [0.25, 0.3) is 0 Å². The molecule has 8 heteroatoms. The van der Waals surface area contributed by atoms with Crippen LogP contribution in [0.15, 0.2) is 17.0 Å². The highest BCUT2D eigenvalue weighted by molar-refractivity contribution is 7.90. The number of likely N-dealkylation sites (tertiary alicyclic amines) is 1. The molecular formula is C17H23F2NO4S. The molecule has 1 aromatic carbocycles. The van der Waals surface area contributed by atoms with Gasteiger partial charge in [0.25, 0.3) is 0 Å². The Balaban J connectivity index is 2.19. The molecule has 0 radical (unpaired) electrons. The van der Waals surface area contributed by atoms with Crippen molar-refractivity contribution < 1.29 is 26.7 Å². The highest BCUT2D eigenvalue weighted by Gasteiger charge is 2.31. The lowest BCUT2D eigenvalue weighted by Gasteiger charge is -2.34. The van der Waals surface area contributed by atoms with Crippen molar-refractivity contribution in [2.45, 2.75) is 50.0 Å². The molecule has 5 nitrogen and oxygen atoms in total. The summed E-state index contributed by atoms with van der Waals surface area (Å²) in [7, 11) is -3.91. The SMILES string of the molecule is CC(C)(C)OC(=O)N1CCC(c2ccc(F)c(F)c2S(C)(=O)=O)CC1. The first kappa shape index (κ1) is 19.6. The zero-order chi connectivity index (χ0) is 19.0. The van der Waals surface area contributed by atoms with E-state index in [1.807, 2.05) is 0 Å². The van der Waals surface area contributed by atoms with Gasteiger partial charge in [0.1, 0.15) is 10.5 Å². The van der Waals surface area contributed by atoms with Crippen LogP contribution in [0, 0.1) is 11.6 Å². The average Bonchev–Trinajstić information content (AvgIpc) is 2.47. The van der Waals surface area contributed by atoms with Crippen LogP contribution in [0.1, 0.15) is 45.1 Å². The highest BCUT2D eigenvalue weighted by atomic mass is 32.2. The molecule has 0 spiro atoms. The monoisotopic (exact) mass is 375 g/mol. The predicted octanol–water partition coefficient (Wildman–Crippen LogP) is 3.48. The number of amides is 1. The summed E-state index contributed by atoms with van der Waals surface area (Å²) in [5, 5.41) is 0. The van der Waals surface area contributed by atoms with Gasteiger partial charge in [-0.2, -0.15) is 0 Å². The first-order chi connectivity index (χ1) is 11.4. The first-order valence-electron chi connectivity index (χ1n) is 8.06. The van der Waals surface area contributed by atoms with Gasteiger partial charge in [-0.1, -0.05) is 6.07 Å². The third-order valence-electron chi connectivity index (χ3n) is 4.04. The third-order valence-corrected chi connectivity index (χ3v) is 5.19. The standard InChI is InChI=1S/C17H23F2NO4S/c1-17(2,3)24-16(21)20-9-7-11(8-10-20)12-5-6-13(18)14(19)15(12)25(4,22)23/h5-6,11H,7-10H2,1-4H3. The van der Waals surface area contributed by atoms with Crippen molar-refractivity contribution in [3.05, 3.63) is 29.3 Å². The maximum atomic E-state index is 14.1. The topological polar surface area (TPSA) is 63.7 Å². The Morgan fingerprint density at radius 3 is 2.24 bits per heavy atom. The van der Waals surface area contributed by atoms with Crippen molar-refractivity contribution in [3.8, 4) is 0 Å². The number of piperidine rings is 1. The summed E-state index contributed by atoms with van der Waals surface area (Å²) in [6, 6.07) is 2.27. The van der Waals surface area contributed by atoms with E-state index in [1.165, 1.54) is 6.07 Å². The lowest BCUT2D eigenvalue weighted by molar-refractivity contribution is 0.0204. The number of nitrogens with zero attached hydrogens (tertiary/aromatic N) is 1. The van der Waals surface area contributed by atoms with Crippen molar-refractivity contribution in [1.82, 2.24) is 4.90 Å². The van der Waals surface area contributed by atoms with E-state index in [-0.39, 0.29) is 11.5 Å². The molecule has 1 aromatic rings. The Labute approximate surface area is 146 Å². The minimum absolute atomic E-state index is 0.265. The van der Waals surface area contributed by atoms with Crippen LogP contribution in [-0.4, -0.2) is 44.4 Å². The largest absolute Gasteiger partial charge is 0.444 e. The van der Waals surface area contributed by atoms with Gasteiger partial charge in [-0.3, -0.25) is 0 Å².